The molecule has 0 aliphatic heterocycles. The van der Waals surface area contributed by atoms with Crippen LogP contribution < -0.4 is 4.74 Å². The van der Waals surface area contributed by atoms with Crippen molar-refractivity contribution in [2.75, 3.05) is 7.11 Å². The van der Waals surface area contributed by atoms with Crippen LogP contribution in [0.5, 0.6) is 5.75 Å². The number of benzene rings is 1. The lowest BCUT2D eigenvalue weighted by atomic mass is 10.1. The summed E-state index contributed by atoms with van der Waals surface area (Å²) in [5, 5.41) is 4.66. The molecule has 0 radical (unpaired) electrons. The maximum absolute atomic E-state index is 5.46. The molecule has 0 aliphatic rings. The Balaban J connectivity index is 2.16. The molecule has 3 aromatic rings. The quantitative estimate of drug-likeness (QED) is 0.725. The number of methoxy groups -OCH3 is 1. The van der Waals surface area contributed by atoms with Crippen molar-refractivity contribution in [2.45, 2.75) is 20.3 Å². The van der Waals surface area contributed by atoms with E-state index < -0.39 is 0 Å². The minimum absolute atomic E-state index is 0.471. The predicted molar refractivity (Wildman–Crippen MR) is 87.5 cm³/mol. The van der Waals surface area contributed by atoms with Gasteiger partial charge in [0, 0.05) is 18.8 Å². The van der Waals surface area contributed by atoms with E-state index in [1.54, 1.807) is 30.4 Å². The first kappa shape index (κ1) is 15.1. The average Bonchev–Trinajstić information content (AvgIpc) is 2.98. The minimum atomic E-state index is 0.471. The van der Waals surface area contributed by atoms with Gasteiger partial charge in [0.2, 0.25) is 0 Å². The van der Waals surface area contributed by atoms with Crippen LogP contribution in [-0.2, 0) is 6.42 Å². The van der Waals surface area contributed by atoms with Crippen molar-refractivity contribution in [2.24, 2.45) is 5.92 Å². The number of ether oxygens (including phenoxy) is 1. The highest BCUT2D eigenvalue weighted by Gasteiger charge is 2.17. The molecule has 6 heteroatoms. The normalized spacial score (nSPS) is 11.0. The monoisotopic (exact) mass is 309 g/mol. The lowest BCUT2D eigenvalue weighted by Crippen LogP contribution is -2.03. The van der Waals surface area contributed by atoms with E-state index in [1.807, 2.05) is 24.3 Å². The van der Waals surface area contributed by atoms with Crippen molar-refractivity contribution >= 4 is 0 Å². The smallest absolute Gasteiger partial charge is 0.183 e. The van der Waals surface area contributed by atoms with Crippen LogP contribution >= 0.6 is 0 Å². The lowest BCUT2D eigenvalue weighted by molar-refractivity contribution is 0.411. The number of para-hydroxylation sites is 2. The van der Waals surface area contributed by atoms with Gasteiger partial charge in [-0.2, -0.15) is 5.10 Å². The molecule has 0 spiro atoms. The molecular weight excluding hydrogens is 290 g/mol. The molecule has 2 aromatic heterocycles. The van der Waals surface area contributed by atoms with Gasteiger partial charge in [-0.15, -0.1) is 0 Å². The molecule has 23 heavy (non-hydrogen) atoms. The van der Waals surface area contributed by atoms with Crippen LogP contribution in [-0.4, -0.2) is 31.8 Å². The van der Waals surface area contributed by atoms with Gasteiger partial charge in [0.1, 0.15) is 17.1 Å². The topological polar surface area (TPSA) is 65.7 Å². The first-order chi connectivity index (χ1) is 11.2. The van der Waals surface area contributed by atoms with Crippen molar-refractivity contribution in [1.82, 2.24) is 24.7 Å². The van der Waals surface area contributed by atoms with Gasteiger partial charge in [-0.05, 0) is 18.1 Å². The second-order valence-corrected chi connectivity index (χ2v) is 5.62. The third-order valence-electron chi connectivity index (χ3n) is 3.35. The second kappa shape index (κ2) is 6.56. The summed E-state index contributed by atoms with van der Waals surface area (Å²) >= 11 is 0. The number of hydrogen-bond donors (Lipinski definition) is 0. The van der Waals surface area contributed by atoms with Gasteiger partial charge >= 0.3 is 0 Å². The third-order valence-corrected chi connectivity index (χ3v) is 3.35. The summed E-state index contributed by atoms with van der Waals surface area (Å²) in [6, 6.07) is 7.73. The molecule has 0 N–H and O–H groups in total. The SMILES string of the molecule is COc1ccccc1-n1nc(CC(C)C)nc1-c1cnccn1. The van der Waals surface area contributed by atoms with Crippen LogP contribution in [0, 0.1) is 5.92 Å². The molecule has 3 rings (SSSR count). The Morgan fingerprint density at radius 2 is 2.00 bits per heavy atom. The Morgan fingerprint density at radius 3 is 2.70 bits per heavy atom. The summed E-state index contributed by atoms with van der Waals surface area (Å²) in [6.07, 6.45) is 5.78. The Labute approximate surface area is 135 Å². The van der Waals surface area contributed by atoms with Crippen LogP contribution in [0.4, 0.5) is 0 Å². The van der Waals surface area contributed by atoms with E-state index in [0.29, 0.717) is 17.4 Å². The van der Waals surface area contributed by atoms with Crippen molar-refractivity contribution < 1.29 is 4.74 Å². The molecule has 0 aliphatic carbocycles. The fourth-order valence-electron chi connectivity index (χ4n) is 2.36. The predicted octanol–water partition coefficient (Wildman–Crippen LogP) is 2.93. The molecule has 0 fully saturated rings. The maximum atomic E-state index is 5.46. The van der Waals surface area contributed by atoms with Gasteiger partial charge in [0.05, 0.1) is 13.3 Å². The third kappa shape index (κ3) is 3.21. The van der Waals surface area contributed by atoms with Gasteiger partial charge in [-0.1, -0.05) is 26.0 Å². The molecule has 6 nitrogen and oxygen atoms in total. The Morgan fingerprint density at radius 1 is 1.17 bits per heavy atom. The molecule has 2 heterocycles. The minimum Gasteiger partial charge on any atom is -0.494 e. The van der Waals surface area contributed by atoms with Gasteiger partial charge in [-0.3, -0.25) is 4.98 Å². The van der Waals surface area contributed by atoms with Gasteiger partial charge in [0.15, 0.2) is 11.6 Å². The summed E-state index contributed by atoms with van der Waals surface area (Å²) in [5.74, 6) is 2.65. The van der Waals surface area contributed by atoms with Crippen molar-refractivity contribution in [3.63, 3.8) is 0 Å². The van der Waals surface area contributed by atoms with Crippen molar-refractivity contribution in [3.8, 4) is 23.0 Å². The fraction of sp³-hybridized carbons (Fsp3) is 0.294. The highest BCUT2D eigenvalue weighted by atomic mass is 16.5. The second-order valence-electron chi connectivity index (χ2n) is 5.62. The Kier molecular flexibility index (Phi) is 4.32. The molecule has 0 unspecified atom stereocenters. The molecule has 0 bridgehead atoms. The molecule has 1 aromatic carbocycles. The van der Waals surface area contributed by atoms with E-state index >= 15 is 0 Å². The number of aromatic nitrogens is 5. The summed E-state index contributed by atoms with van der Waals surface area (Å²) in [5.41, 5.74) is 1.51. The summed E-state index contributed by atoms with van der Waals surface area (Å²) in [7, 11) is 1.65. The zero-order valence-corrected chi connectivity index (χ0v) is 13.5. The Hall–Kier alpha value is -2.76. The van der Waals surface area contributed by atoms with Gasteiger partial charge in [-0.25, -0.2) is 14.6 Å². The van der Waals surface area contributed by atoms with Crippen LogP contribution in [0.25, 0.3) is 17.2 Å². The molecule has 0 amide bonds. The van der Waals surface area contributed by atoms with Crippen LogP contribution in [0.15, 0.2) is 42.9 Å². The maximum Gasteiger partial charge on any atom is 0.183 e. The van der Waals surface area contributed by atoms with E-state index in [-0.39, 0.29) is 0 Å². The van der Waals surface area contributed by atoms with Gasteiger partial charge in [0.25, 0.3) is 0 Å². The fourth-order valence-corrected chi connectivity index (χ4v) is 2.36. The highest BCUT2D eigenvalue weighted by Crippen LogP contribution is 2.26. The molecular formula is C17H19N5O. The lowest BCUT2D eigenvalue weighted by Gasteiger charge is -2.09. The standard InChI is InChI=1S/C17H19N5O/c1-12(2)10-16-20-17(13-11-18-8-9-19-13)22(21-16)14-6-4-5-7-15(14)23-3/h4-9,11-12H,10H2,1-3H3. The Bertz CT molecular complexity index is 783. The first-order valence-electron chi connectivity index (χ1n) is 7.54. The largest absolute Gasteiger partial charge is 0.494 e. The van der Waals surface area contributed by atoms with Crippen molar-refractivity contribution in [1.29, 1.82) is 0 Å². The zero-order valence-electron chi connectivity index (χ0n) is 13.5. The van der Waals surface area contributed by atoms with Gasteiger partial charge < -0.3 is 4.74 Å². The average molecular weight is 309 g/mol. The summed E-state index contributed by atoms with van der Waals surface area (Å²) < 4.78 is 7.23. The van der Waals surface area contributed by atoms with E-state index in [2.05, 4.69) is 33.9 Å². The number of rotatable bonds is 5. The highest BCUT2D eigenvalue weighted by molar-refractivity contribution is 5.56. The van der Waals surface area contributed by atoms with E-state index in [9.17, 15) is 0 Å². The number of nitrogens with zero attached hydrogens (tertiary/aromatic N) is 5. The van der Waals surface area contributed by atoms with E-state index in [1.165, 1.54) is 0 Å². The molecule has 118 valence electrons. The number of hydrogen-bond acceptors (Lipinski definition) is 5. The van der Waals surface area contributed by atoms with Crippen LogP contribution in [0.1, 0.15) is 19.7 Å². The van der Waals surface area contributed by atoms with E-state index in [4.69, 9.17) is 4.74 Å². The summed E-state index contributed by atoms with van der Waals surface area (Å²) in [4.78, 5) is 13.2. The van der Waals surface area contributed by atoms with Crippen LogP contribution in [0.3, 0.4) is 0 Å². The summed E-state index contributed by atoms with van der Waals surface area (Å²) in [6.45, 7) is 4.29. The molecule has 0 saturated carbocycles. The van der Waals surface area contributed by atoms with Crippen molar-refractivity contribution in [3.05, 3.63) is 48.7 Å². The molecule has 0 saturated heterocycles. The first-order valence-corrected chi connectivity index (χ1v) is 7.54. The van der Waals surface area contributed by atoms with E-state index in [0.717, 1.165) is 23.7 Å². The van der Waals surface area contributed by atoms with Crippen LogP contribution in [0.2, 0.25) is 0 Å². The zero-order chi connectivity index (χ0) is 16.2. The molecule has 0 atom stereocenters.